The molecule has 18 heavy (non-hydrogen) atoms. The lowest BCUT2D eigenvalue weighted by Gasteiger charge is -2.15. The maximum atomic E-state index is 5.61. The van der Waals surface area contributed by atoms with Crippen LogP contribution in [0.5, 0.6) is 0 Å². The summed E-state index contributed by atoms with van der Waals surface area (Å²) in [6.07, 6.45) is 1.83. The van der Waals surface area contributed by atoms with Gasteiger partial charge in [0.2, 0.25) is 0 Å². The molecule has 3 nitrogen and oxygen atoms in total. The summed E-state index contributed by atoms with van der Waals surface area (Å²) in [7, 11) is 0. The Morgan fingerprint density at radius 3 is 2.28 bits per heavy atom. The van der Waals surface area contributed by atoms with Crippen molar-refractivity contribution in [1.29, 1.82) is 0 Å². The summed E-state index contributed by atoms with van der Waals surface area (Å²) in [4.78, 5) is 5.45. The van der Waals surface area contributed by atoms with Gasteiger partial charge in [-0.2, -0.15) is 0 Å². The van der Waals surface area contributed by atoms with E-state index in [-0.39, 0.29) is 0 Å². The number of aryl methyl sites for hydroxylation is 2. The molecule has 0 aliphatic heterocycles. The third-order valence-corrected chi connectivity index (χ3v) is 4.29. The van der Waals surface area contributed by atoms with Crippen LogP contribution in [0.1, 0.15) is 27.1 Å². The summed E-state index contributed by atoms with van der Waals surface area (Å²) in [6.45, 7) is 9.10. The van der Waals surface area contributed by atoms with Crippen LogP contribution in [0.15, 0.2) is 12.3 Å². The molecule has 4 heteroatoms. The largest absolute Gasteiger partial charge is 0.331 e. The predicted molar refractivity (Wildman–Crippen MR) is 78.7 cm³/mol. The van der Waals surface area contributed by atoms with Crippen molar-refractivity contribution >= 4 is 22.2 Å². The average molecular weight is 261 g/mol. The topological polar surface area (TPSA) is 50.9 Å². The first-order valence-corrected chi connectivity index (χ1v) is 6.83. The van der Waals surface area contributed by atoms with Gasteiger partial charge in [-0.25, -0.2) is 4.98 Å². The van der Waals surface area contributed by atoms with Crippen LogP contribution in [-0.4, -0.2) is 4.98 Å². The minimum Gasteiger partial charge on any atom is -0.331 e. The maximum absolute atomic E-state index is 5.61. The summed E-state index contributed by atoms with van der Waals surface area (Å²) in [5.74, 6) is 0. The van der Waals surface area contributed by atoms with E-state index < -0.39 is 0 Å². The fourth-order valence-electron chi connectivity index (χ4n) is 1.97. The molecule has 2 aromatic rings. The van der Waals surface area contributed by atoms with Gasteiger partial charge in [-0.1, -0.05) is 6.07 Å². The molecule has 0 aliphatic carbocycles. The lowest BCUT2D eigenvalue weighted by Crippen LogP contribution is -1.99. The van der Waals surface area contributed by atoms with Gasteiger partial charge in [0, 0.05) is 23.3 Å². The summed E-state index contributed by atoms with van der Waals surface area (Å²) < 4.78 is 0. The third kappa shape index (κ3) is 2.40. The van der Waals surface area contributed by atoms with Gasteiger partial charge >= 0.3 is 0 Å². The number of hydrogen-bond donors (Lipinski definition) is 2. The predicted octanol–water partition coefficient (Wildman–Crippen LogP) is 3.58. The lowest BCUT2D eigenvalue weighted by molar-refractivity contribution is 1.10. The van der Waals surface area contributed by atoms with Crippen LogP contribution in [0, 0.1) is 27.7 Å². The van der Waals surface area contributed by atoms with E-state index in [1.807, 2.05) is 6.20 Å². The molecule has 0 bridgehead atoms. The minimum atomic E-state index is 0.546. The zero-order valence-electron chi connectivity index (χ0n) is 11.3. The molecule has 0 amide bonds. The molecule has 0 saturated heterocycles. The SMILES string of the molecule is Cc1cc(C)c(C)c(Nc2ncc(CN)s2)c1C. The lowest BCUT2D eigenvalue weighted by atomic mass is 9.99. The van der Waals surface area contributed by atoms with Gasteiger partial charge in [0.15, 0.2) is 5.13 Å². The summed E-state index contributed by atoms with van der Waals surface area (Å²) >= 11 is 1.61. The summed E-state index contributed by atoms with van der Waals surface area (Å²) in [5, 5.41) is 4.34. The Balaban J connectivity index is 2.39. The van der Waals surface area contributed by atoms with Crippen LogP contribution in [0.2, 0.25) is 0 Å². The molecule has 1 aromatic carbocycles. The standard InChI is InChI=1S/C14H19N3S/c1-8-5-9(2)11(4)13(10(8)3)17-14-16-7-12(6-15)18-14/h5,7H,6,15H2,1-4H3,(H,16,17). The zero-order valence-corrected chi connectivity index (χ0v) is 12.1. The number of nitrogens with one attached hydrogen (secondary N) is 1. The van der Waals surface area contributed by atoms with Crippen LogP contribution >= 0.6 is 11.3 Å². The van der Waals surface area contributed by atoms with E-state index in [4.69, 9.17) is 5.73 Å². The van der Waals surface area contributed by atoms with Crippen molar-refractivity contribution < 1.29 is 0 Å². The molecule has 2 rings (SSSR count). The number of hydrogen-bond acceptors (Lipinski definition) is 4. The van der Waals surface area contributed by atoms with Crippen molar-refractivity contribution in [2.24, 2.45) is 5.73 Å². The second-order valence-corrected chi connectivity index (χ2v) is 5.71. The highest BCUT2D eigenvalue weighted by atomic mass is 32.1. The average Bonchev–Trinajstić information content (AvgIpc) is 2.80. The maximum Gasteiger partial charge on any atom is 0.187 e. The van der Waals surface area contributed by atoms with Crippen molar-refractivity contribution in [2.45, 2.75) is 34.2 Å². The Morgan fingerprint density at radius 2 is 1.78 bits per heavy atom. The summed E-state index contributed by atoms with van der Waals surface area (Å²) in [6, 6.07) is 2.23. The van der Waals surface area contributed by atoms with Crippen LogP contribution < -0.4 is 11.1 Å². The minimum absolute atomic E-state index is 0.546. The summed E-state index contributed by atoms with van der Waals surface area (Å²) in [5.41, 5.74) is 11.9. The number of anilines is 2. The van der Waals surface area contributed by atoms with E-state index in [2.05, 4.69) is 44.1 Å². The second-order valence-electron chi connectivity index (χ2n) is 4.60. The molecular formula is C14H19N3S. The fraction of sp³-hybridized carbons (Fsp3) is 0.357. The van der Waals surface area contributed by atoms with Crippen LogP contribution in [0.3, 0.4) is 0 Å². The molecule has 1 aromatic heterocycles. The number of aromatic nitrogens is 1. The van der Waals surface area contributed by atoms with Crippen LogP contribution in [-0.2, 0) is 6.54 Å². The molecule has 0 fully saturated rings. The van der Waals surface area contributed by atoms with Gasteiger partial charge in [-0.3, -0.25) is 0 Å². The first kappa shape index (κ1) is 13.1. The molecule has 0 saturated carbocycles. The van der Waals surface area contributed by atoms with Crippen LogP contribution in [0.4, 0.5) is 10.8 Å². The van der Waals surface area contributed by atoms with Crippen molar-refractivity contribution in [3.8, 4) is 0 Å². The van der Waals surface area contributed by atoms with E-state index in [1.165, 1.54) is 27.9 Å². The van der Waals surface area contributed by atoms with Gasteiger partial charge in [-0.05, 0) is 49.9 Å². The van der Waals surface area contributed by atoms with Gasteiger partial charge in [0.1, 0.15) is 0 Å². The van der Waals surface area contributed by atoms with E-state index >= 15 is 0 Å². The Hall–Kier alpha value is -1.39. The molecular weight excluding hydrogens is 242 g/mol. The van der Waals surface area contributed by atoms with Crippen molar-refractivity contribution in [2.75, 3.05) is 5.32 Å². The van der Waals surface area contributed by atoms with Crippen LogP contribution in [0.25, 0.3) is 0 Å². The Kier molecular flexibility index (Phi) is 3.68. The van der Waals surface area contributed by atoms with E-state index in [1.54, 1.807) is 11.3 Å². The molecule has 0 atom stereocenters. The van der Waals surface area contributed by atoms with Gasteiger partial charge in [-0.15, -0.1) is 11.3 Å². The highest BCUT2D eigenvalue weighted by Gasteiger charge is 2.10. The normalized spacial score (nSPS) is 10.7. The quantitative estimate of drug-likeness (QED) is 0.888. The number of rotatable bonds is 3. The Morgan fingerprint density at radius 1 is 1.17 bits per heavy atom. The molecule has 0 radical (unpaired) electrons. The zero-order chi connectivity index (χ0) is 13.3. The number of benzene rings is 1. The van der Waals surface area contributed by atoms with E-state index in [9.17, 15) is 0 Å². The monoisotopic (exact) mass is 261 g/mol. The van der Waals surface area contributed by atoms with Gasteiger partial charge < -0.3 is 11.1 Å². The first-order valence-electron chi connectivity index (χ1n) is 6.02. The second kappa shape index (κ2) is 5.08. The Bertz CT molecular complexity index is 546. The highest BCUT2D eigenvalue weighted by molar-refractivity contribution is 7.15. The van der Waals surface area contributed by atoms with E-state index in [0.717, 1.165) is 10.0 Å². The third-order valence-electron chi connectivity index (χ3n) is 3.35. The van der Waals surface area contributed by atoms with Crippen molar-refractivity contribution in [3.05, 3.63) is 39.4 Å². The van der Waals surface area contributed by atoms with Crippen molar-refractivity contribution in [1.82, 2.24) is 4.98 Å². The molecule has 0 unspecified atom stereocenters. The first-order chi connectivity index (χ1) is 8.52. The fourth-order valence-corrected chi connectivity index (χ4v) is 2.67. The molecule has 96 valence electrons. The smallest absolute Gasteiger partial charge is 0.187 e. The van der Waals surface area contributed by atoms with Gasteiger partial charge in [0.05, 0.1) is 0 Å². The molecule has 0 spiro atoms. The number of nitrogens with zero attached hydrogens (tertiary/aromatic N) is 1. The highest BCUT2D eigenvalue weighted by Crippen LogP contribution is 2.30. The number of nitrogens with two attached hydrogens (primary N) is 1. The molecule has 1 heterocycles. The number of thiazole rings is 1. The van der Waals surface area contributed by atoms with Gasteiger partial charge in [0.25, 0.3) is 0 Å². The molecule has 0 aliphatic rings. The van der Waals surface area contributed by atoms with Crippen molar-refractivity contribution in [3.63, 3.8) is 0 Å². The van der Waals surface area contributed by atoms with E-state index in [0.29, 0.717) is 6.54 Å². The molecule has 3 N–H and O–H groups in total. The Labute approximate surface area is 112 Å².